The van der Waals surface area contributed by atoms with E-state index in [1.807, 2.05) is 32.0 Å². The Morgan fingerprint density at radius 1 is 1.00 bits per heavy atom. The van der Waals surface area contributed by atoms with Crippen molar-refractivity contribution in [2.45, 2.75) is 45.4 Å². The van der Waals surface area contributed by atoms with E-state index in [1.165, 1.54) is 0 Å². The number of rotatable bonds is 5. The SMILES string of the molecule is CC(C)Cc1cc2ccccc2c(S(=O)(=O)[O-])c1CC(C)C.[Na+]. The van der Waals surface area contributed by atoms with Crippen LogP contribution in [0.2, 0.25) is 0 Å². The molecule has 2 rings (SSSR count). The molecule has 0 saturated heterocycles. The predicted octanol–water partition coefficient (Wildman–Crippen LogP) is 1.14. The summed E-state index contributed by atoms with van der Waals surface area (Å²) in [7, 11) is -4.51. The zero-order chi connectivity index (χ0) is 16.5. The Kier molecular flexibility index (Phi) is 7.30. The summed E-state index contributed by atoms with van der Waals surface area (Å²) in [6, 6.07) is 9.28. The molecule has 0 aliphatic carbocycles. The van der Waals surface area contributed by atoms with Gasteiger partial charge in [-0.15, -0.1) is 0 Å². The number of fused-ring (bicyclic) bond motifs is 1. The average Bonchev–Trinajstić information content (AvgIpc) is 2.36. The molecule has 0 aliphatic heterocycles. The third kappa shape index (κ3) is 5.04. The minimum absolute atomic E-state index is 0. The standard InChI is InChI=1S/C18H24O3S.Na/c1-12(2)9-15-11-14-7-5-6-8-16(14)18(22(19,20)21)17(15)10-13(3)4;/h5-8,11-13H,9-10H2,1-4H3,(H,19,20,21);/q;+1/p-1. The van der Waals surface area contributed by atoms with Crippen LogP contribution >= 0.6 is 0 Å². The topological polar surface area (TPSA) is 57.2 Å². The number of benzene rings is 2. The maximum Gasteiger partial charge on any atom is 1.00 e. The van der Waals surface area contributed by atoms with Crippen LogP contribution in [0, 0.1) is 11.8 Å². The van der Waals surface area contributed by atoms with Crippen molar-refractivity contribution in [3.05, 3.63) is 41.5 Å². The van der Waals surface area contributed by atoms with Gasteiger partial charge in [-0.1, -0.05) is 58.0 Å². The summed E-state index contributed by atoms with van der Waals surface area (Å²) in [6.45, 7) is 8.27. The molecule has 2 aromatic rings. The predicted molar refractivity (Wildman–Crippen MR) is 89.0 cm³/mol. The van der Waals surface area contributed by atoms with Crippen molar-refractivity contribution in [3.63, 3.8) is 0 Å². The van der Waals surface area contributed by atoms with Crippen molar-refractivity contribution in [2.24, 2.45) is 11.8 Å². The molecule has 0 atom stereocenters. The molecule has 0 spiro atoms. The first kappa shape index (κ1) is 20.7. The van der Waals surface area contributed by atoms with E-state index in [9.17, 15) is 13.0 Å². The molecule has 0 unspecified atom stereocenters. The van der Waals surface area contributed by atoms with Crippen LogP contribution in [0.1, 0.15) is 38.8 Å². The molecule has 120 valence electrons. The van der Waals surface area contributed by atoms with Gasteiger partial charge < -0.3 is 4.55 Å². The van der Waals surface area contributed by atoms with Crippen LogP contribution in [0.15, 0.2) is 35.2 Å². The normalized spacial score (nSPS) is 12.0. The van der Waals surface area contributed by atoms with E-state index in [4.69, 9.17) is 0 Å². The first-order valence-electron chi connectivity index (χ1n) is 7.69. The van der Waals surface area contributed by atoms with Crippen molar-refractivity contribution < 1.29 is 42.5 Å². The Balaban J connectivity index is 0.00000264. The molecule has 0 amide bonds. The third-order valence-electron chi connectivity index (χ3n) is 3.69. The van der Waals surface area contributed by atoms with Crippen molar-refractivity contribution in [2.75, 3.05) is 0 Å². The van der Waals surface area contributed by atoms with E-state index in [2.05, 4.69) is 13.8 Å². The van der Waals surface area contributed by atoms with Crippen LogP contribution in [0.4, 0.5) is 0 Å². The second-order valence-electron chi connectivity index (χ2n) is 6.71. The van der Waals surface area contributed by atoms with E-state index >= 15 is 0 Å². The van der Waals surface area contributed by atoms with Crippen LogP contribution in [0.3, 0.4) is 0 Å². The van der Waals surface area contributed by atoms with E-state index in [-0.39, 0.29) is 40.4 Å². The minimum Gasteiger partial charge on any atom is -0.744 e. The van der Waals surface area contributed by atoms with Gasteiger partial charge in [0.15, 0.2) is 0 Å². The van der Waals surface area contributed by atoms with Crippen molar-refractivity contribution >= 4 is 20.9 Å². The Bertz CT molecular complexity index is 780. The van der Waals surface area contributed by atoms with Crippen molar-refractivity contribution in [1.29, 1.82) is 0 Å². The van der Waals surface area contributed by atoms with E-state index in [0.29, 0.717) is 23.3 Å². The number of hydrogen-bond donors (Lipinski definition) is 0. The second-order valence-corrected chi connectivity index (χ2v) is 8.03. The van der Waals surface area contributed by atoms with Gasteiger partial charge in [-0.25, -0.2) is 8.42 Å². The maximum atomic E-state index is 11.9. The molecule has 0 radical (unpaired) electrons. The van der Waals surface area contributed by atoms with Gasteiger partial charge in [-0.05, 0) is 46.6 Å². The summed E-state index contributed by atoms with van der Waals surface area (Å²) >= 11 is 0. The minimum atomic E-state index is -4.51. The first-order valence-corrected chi connectivity index (χ1v) is 9.10. The second kappa shape index (κ2) is 8.13. The Labute approximate surface area is 161 Å². The molecule has 0 aliphatic rings. The van der Waals surface area contributed by atoms with Crippen LogP contribution in [0.25, 0.3) is 10.8 Å². The van der Waals surface area contributed by atoms with Crippen LogP contribution in [0.5, 0.6) is 0 Å². The van der Waals surface area contributed by atoms with Crippen LogP contribution in [-0.2, 0) is 23.0 Å². The fraction of sp³-hybridized carbons (Fsp3) is 0.444. The maximum absolute atomic E-state index is 11.9. The summed E-state index contributed by atoms with van der Waals surface area (Å²) in [5.74, 6) is 0.682. The molecule has 0 saturated carbocycles. The first-order chi connectivity index (χ1) is 10.2. The van der Waals surface area contributed by atoms with Gasteiger partial charge in [-0.2, -0.15) is 0 Å². The van der Waals surface area contributed by atoms with E-state index in [0.717, 1.165) is 17.4 Å². The van der Waals surface area contributed by atoms with Gasteiger partial charge in [0.2, 0.25) is 0 Å². The van der Waals surface area contributed by atoms with Crippen molar-refractivity contribution in [1.82, 2.24) is 0 Å². The van der Waals surface area contributed by atoms with E-state index < -0.39 is 10.1 Å². The molecule has 0 N–H and O–H groups in total. The largest absolute Gasteiger partial charge is 1.00 e. The summed E-state index contributed by atoms with van der Waals surface area (Å²) in [6.07, 6.45) is 1.37. The van der Waals surface area contributed by atoms with Gasteiger partial charge in [0.1, 0.15) is 10.1 Å². The Morgan fingerprint density at radius 2 is 1.57 bits per heavy atom. The molecule has 0 fully saturated rings. The molecule has 5 heteroatoms. The van der Waals surface area contributed by atoms with Crippen molar-refractivity contribution in [3.8, 4) is 0 Å². The molecule has 3 nitrogen and oxygen atoms in total. The molecular weight excluding hydrogens is 319 g/mol. The quantitative estimate of drug-likeness (QED) is 0.605. The molecule has 0 heterocycles. The Morgan fingerprint density at radius 3 is 2.09 bits per heavy atom. The van der Waals surface area contributed by atoms with E-state index in [1.54, 1.807) is 12.1 Å². The summed E-state index contributed by atoms with van der Waals surface area (Å²) in [5.41, 5.74) is 1.69. The average molecular weight is 342 g/mol. The fourth-order valence-electron chi connectivity index (χ4n) is 2.95. The van der Waals surface area contributed by atoms with Crippen LogP contribution < -0.4 is 29.6 Å². The van der Waals surface area contributed by atoms with Gasteiger partial charge in [-0.3, -0.25) is 0 Å². The third-order valence-corrected chi connectivity index (χ3v) is 4.65. The molecular formula is C18H23NaO3S. The zero-order valence-corrected chi connectivity index (χ0v) is 17.4. The molecule has 0 aromatic heterocycles. The smallest absolute Gasteiger partial charge is 0.744 e. The molecule has 0 bridgehead atoms. The Hall–Kier alpha value is -0.390. The van der Waals surface area contributed by atoms with Gasteiger partial charge in [0.05, 0.1) is 4.90 Å². The molecule has 23 heavy (non-hydrogen) atoms. The van der Waals surface area contributed by atoms with Gasteiger partial charge in [0, 0.05) is 0 Å². The monoisotopic (exact) mass is 342 g/mol. The summed E-state index contributed by atoms with van der Waals surface area (Å²) < 4.78 is 35.8. The van der Waals surface area contributed by atoms with Gasteiger partial charge in [0.25, 0.3) is 0 Å². The fourth-order valence-corrected chi connectivity index (χ4v) is 3.92. The summed E-state index contributed by atoms with van der Waals surface area (Å²) in [4.78, 5) is -0.0186. The van der Waals surface area contributed by atoms with Gasteiger partial charge >= 0.3 is 29.6 Å². The van der Waals surface area contributed by atoms with Crippen LogP contribution in [-0.4, -0.2) is 13.0 Å². The summed E-state index contributed by atoms with van der Waals surface area (Å²) in [5, 5.41) is 1.36. The zero-order valence-electron chi connectivity index (χ0n) is 14.6. The number of hydrogen-bond acceptors (Lipinski definition) is 3. The molecule has 2 aromatic carbocycles.